The van der Waals surface area contributed by atoms with Gasteiger partial charge in [0.2, 0.25) is 5.91 Å². The van der Waals surface area contributed by atoms with Crippen molar-refractivity contribution in [2.24, 2.45) is 0 Å². The number of carbonyl (C=O) groups excluding carboxylic acids is 2. The van der Waals surface area contributed by atoms with Gasteiger partial charge in [0, 0.05) is 29.9 Å². The first kappa shape index (κ1) is 17.8. The molecule has 136 valence electrons. The molecule has 2 amide bonds. The largest absolute Gasteiger partial charge is 0.495 e. The Labute approximate surface area is 152 Å². The molecule has 0 radical (unpaired) electrons. The summed E-state index contributed by atoms with van der Waals surface area (Å²) in [5.74, 6) is 0.443. The number of hydrogen-bond acceptors (Lipinski definition) is 4. The number of nitrogens with two attached hydrogens (primary N) is 1. The lowest BCUT2D eigenvalue weighted by atomic mass is 10.1. The summed E-state index contributed by atoms with van der Waals surface area (Å²) in [4.78, 5) is 26.6. The molecule has 26 heavy (non-hydrogen) atoms. The van der Waals surface area contributed by atoms with Crippen LogP contribution in [0.2, 0.25) is 0 Å². The van der Waals surface area contributed by atoms with Gasteiger partial charge < -0.3 is 20.7 Å². The zero-order valence-electron chi connectivity index (χ0n) is 15.0. The molecular formula is C20H23N3O3. The monoisotopic (exact) mass is 353 g/mol. The number of nitrogens with zero attached hydrogens (tertiary/aromatic N) is 1. The quantitative estimate of drug-likeness (QED) is 0.826. The summed E-state index contributed by atoms with van der Waals surface area (Å²) in [5.41, 5.74) is 8.98. The minimum absolute atomic E-state index is 0.0738. The van der Waals surface area contributed by atoms with Crippen molar-refractivity contribution in [2.45, 2.75) is 26.2 Å². The number of rotatable bonds is 4. The van der Waals surface area contributed by atoms with E-state index in [1.807, 2.05) is 13.0 Å². The van der Waals surface area contributed by atoms with Gasteiger partial charge in [-0.3, -0.25) is 9.59 Å². The first-order valence-corrected chi connectivity index (χ1v) is 8.65. The molecule has 2 aromatic rings. The summed E-state index contributed by atoms with van der Waals surface area (Å²) in [6.45, 7) is 2.52. The van der Waals surface area contributed by atoms with Gasteiger partial charge in [0.15, 0.2) is 0 Å². The molecule has 1 saturated heterocycles. The molecule has 0 atom stereocenters. The molecule has 0 saturated carbocycles. The van der Waals surface area contributed by atoms with E-state index in [2.05, 4.69) is 5.32 Å². The molecule has 6 nitrogen and oxygen atoms in total. The maximum absolute atomic E-state index is 12.6. The molecule has 0 aromatic heterocycles. The predicted molar refractivity (Wildman–Crippen MR) is 103 cm³/mol. The van der Waals surface area contributed by atoms with Gasteiger partial charge in [0.1, 0.15) is 5.75 Å². The van der Waals surface area contributed by atoms with E-state index in [4.69, 9.17) is 10.5 Å². The predicted octanol–water partition coefficient (Wildman–Crippen LogP) is 3.36. The molecule has 0 unspecified atom stereocenters. The Balaban J connectivity index is 1.89. The van der Waals surface area contributed by atoms with Crippen molar-refractivity contribution in [3.8, 4) is 5.75 Å². The first-order valence-electron chi connectivity index (χ1n) is 8.65. The first-order chi connectivity index (χ1) is 12.5. The molecule has 3 N–H and O–H groups in total. The zero-order chi connectivity index (χ0) is 18.7. The van der Waals surface area contributed by atoms with Crippen LogP contribution < -0.4 is 20.7 Å². The van der Waals surface area contributed by atoms with E-state index in [1.165, 1.54) is 0 Å². The highest BCUT2D eigenvalue weighted by Crippen LogP contribution is 2.33. The van der Waals surface area contributed by atoms with Gasteiger partial charge in [0.25, 0.3) is 5.91 Å². The number of benzene rings is 2. The highest BCUT2D eigenvalue weighted by molar-refractivity contribution is 6.06. The number of piperidine rings is 1. The second-order valence-electron chi connectivity index (χ2n) is 6.42. The van der Waals surface area contributed by atoms with Crippen LogP contribution in [0.4, 0.5) is 17.1 Å². The second-order valence-corrected chi connectivity index (χ2v) is 6.42. The van der Waals surface area contributed by atoms with Crippen LogP contribution in [0.5, 0.6) is 5.75 Å². The summed E-state index contributed by atoms with van der Waals surface area (Å²) in [6.07, 6.45) is 2.39. The fourth-order valence-electron chi connectivity index (χ4n) is 3.12. The van der Waals surface area contributed by atoms with Crippen LogP contribution in [-0.4, -0.2) is 25.5 Å². The lowest BCUT2D eigenvalue weighted by Crippen LogP contribution is -2.35. The molecule has 1 aliphatic heterocycles. The van der Waals surface area contributed by atoms with Crippen molar-refractivity contribution in [3.63, 3.8) is 0 Å². The maximum atomic E-state index is 12.6. The molecule has 1 aliphatic rings. The van der Waals surface area contributed by atoms with Gasteiger partial charge in [-0.25, -0.2) is 0 Å². The summed E-state index contributed by atoms with van der Waals surface area (Å²) >= 11 is 0. The number of amides is 2. The Morgan fingerprint density at radius 3 is 2.73 bits per heavy atom. The van der Waals surface area contributed by atoms with Crippen molar-refractivity contribution in [3.05, 3.63) is 47.5 Å². The highest BCUT2D eigenvalue weighted by atomic mass is 16.5. The number of nitrogens with one attached hydrogen (secondary N) is 1. The van der Waals surface area contributed by atoms with Crippen LogP contribution in [0.1, 0.15) is 35.2 Å². The summed E-state index contributed by atoms with van der Waals surface area (Å²) < 4.78 is 5.40. The molecule has 1 fully saturated rings. The van der Waals surface area contributed by atoms with Crippen molar-refractivity contribution in [1.82, 2.24) is 0 Å². The minimum Gasteiger partial charge on any atom is -0.495 e. The lowest BCUT2D eigenvalue weighted by molar-refractivity contribution is -0.119. The smallest absolute Gasteiger partial charge is 0.256 e. The Morgan fingerprint density at radius 1 is 1.19 bits per heavy atom. The van der Waals surface area contributed by atoms with Crippen LogP contribution >= 0.6 is 0 Å². The van der Waals surface area contributed by atoms with Crippen LogP contribution in [-0.2, 0) is 4.79 Å². The number of ether oxygens (including phenoxy) is 1. The number of methoxy groups -OCH3 is 1. The van der Waals surface area contributed by atoms with Crippen LogP contribution in [0.25, 0.3) is 0 Å². The van der Waals surface area contributed by atoms with Crippen molar-refractivity contribution >= 4 is 28.9 Å². The number of carbonyl (C=O) groups is 2. The fourth-order valence-corrected chi connectivity index (χ4v) is 3.12. The van der Waals surface area contributed by atoms with Crippen molar-refractivity contribution < 1.29 is 14.3 Å². The molecule has 2 aromatic carbocycles. The van der Waals surface area contributed by atoms with E-state index in [0.29, 0.717) is 41.3 Å². The van der Waals surface area contributed by atoms with Crippen molar-refractivity contribution in [2.75, 3.05) is 29.6 Å². The maximum Gasteiger partial charge on any atom is 0.256 e. The molecular weight excluding hydrogens is 330 g/mol. The number of hydrogen-bond donors (Lipinski definition) is 2. The second kappa shape index (κ2) is 7.47. The van der Waals surface area contributed by atoms with Gasteiger partial charge in [0.05, 0.1) is 12.8 Å². The number of anilines is 3. The SMILES string of the molecule is COc1ccc(NC(=O)c2cc(N)ccc2C)cc1N1CCCCC1=O. The molecule has 0 bridgehead atoms. The Kier molecular flexibility index (Phi) is 5.11. The van der Waals surface area contributed by atoms with E-state index < -0.39 is 0 Å². The van der Waals surface area contributed by atoms with E-state index in [-0.39, 0.29) is 11.8 Å². The third-order valence-corrected chi connectivity index (χ3v) is 4.56. The topological polar surface area (TPSA) is 84.7 Å². The number of nitrogen functional groups attached to an aromatic ring is 1. The fraction of sp³-hybridized carbons (Fsp3) is 0.300. The van der Waals surface area contributed by atoms with Gasteiger partial charge in [-0.2, -0.15) is 0 Å². The summed E-state index contributed by atoms with van der Waals surface area (Å²) in [5, 5.41) is 2.88. The van der Waals surface area contributed by atoms with Gasteiger partial charge >= 0.3 is 0 Å². The Bertz CT molecular complexity index is 848. The summed E-state index contributed by atoms with van der Waals surface area (Å²) in [7, 11) is 1.57. The third kappa shape index (κ3) is 3.64. The standard InChI is InChI=1S/C20H23N3O3/c1-13-6-7-14(21)11-16(13)20(25)22-15-8-9-18(26-2)17(12-15)23-10-4-3-5-19(23)24/h6-9,11-12H,3-5,10,21H2,1-2H3,(H,22,25). The van der Waals surface area contributed by atoms with Gasteiger partial charge in [-0.15, -0.1) is 0 Å². The zero-order valence-corrected chi connectivity index (χ0v) is 15.0. The van der Waals surface area contributed by atoms with Crippen molar-refractivity contribution in [1.29, 1.82) is 0 Å². The van der Waals surface area contributed by atoms with E-state index in [1.54, 1.807) is 42.3 Å². The molecule has 3 rings (SSSR count). The lowest BCUT2D eigenvalue weighted by Gasteiger charge is -2.28. The number of aryl methyl sites for hydroxylation is 1. The average Bonchev–Trinajstić information content (AvgIpc) is 2.64. The van der Waals surface area contributed by atoms with E-state index in [9.17, 15) is 9.59 Å². The molecule has 6 heteroatoms. The van der Waals surface area contributed by atoms with E-state index >= 15 is 0 Å². The Morgan fingerprint density at radius 2 is 2.00 bits per heavy atom. The average molecular weight is 353 g/mol. The summed E-state index contributed by atoms with van der Waals surface area (Å²) in [6, 6.07) is 10.5. The van der Waals surface area contributed by atoms with Crippen LogP contribution in [0.15, 0.2) is 36.4 Å². The minimum atomic E-state index is -0.240. The Hall–Kier alpha value is -3.02. The van der Waals surface area contributed by atoms with Gasteiger partial charge in [-0.1, -0.05) is 6.07 Å². The molecule has 0 spiro atoms. The normalized spacial score (nSPS) is 14.2. The van der Waals surface area contributed by atoms with E-state index in [0.717, 1.165) is 18.4 Å². The third-order valence-electron chi connectivity index (χ3n) is 4.56. The van der Waals surface area contributed by atoms with Crippen LogP contribution in [0, 0.1) is 6.92 Å². The molecule has 0 aliphatic carbocycles. The van der Waals surface area contributed by atoms with Gasteiger partial charge in [-0.05, 0) is 55.7 Å². The molecule has 1 heterocycles. The highest BCUT2D eigenvalue weighted by Gasteiger charge is 2.23. The van der Waals surface area contributed by atoms with Crippen LogP contribution in [0.3, 0.4) is 0 Å².